The van der Waals surface area contributed by atoms with Gasteiger partial charge in [0.15, 0.2) is 0 Å². The molecule has 0 aliphatic heterocycles. The highest BCUT2D eigenvalue weighted by Gasteiger charge is 2.31. The molecule has 0 unspecified atom stereocenters. The van der Waals surface area contributed by atoms with Gasteiger partial charge in [0, 0.05) is 81.8 Å². The molecular formula is C81H57N5. The maximum atomic E-state index is 6.18. The van der Waals surface area contributed by atoms with Crippen molar-refractivity contribution in [2.24, 2.45) is 0 Å². The predicted octanol–water partition coefficient (Wildman–Crippen LogP) is 21.8. The van der Waals surface area contributed by atoms with Crippen LogP contribution in [0.4, 0.5) is 0 Å². The Labute approximate surface area is 495 Å². The Bertz CT molecular complexity index is 5750. The van der Waals surface area contributed by atoms with Crippen LogP contribution in [0.15, 0.2) is 237 Å². The summed E-state index contributed by atoms with van der Waals surface area (Å²) in [5.74, 6) is 0. The Kier molecular flexibility index (Phi) is 9.28. The van der Waals surface area contributed by atoms with Gasteiger partial charge in [-0.15, -0.1) is 0 Å². The van der Waals surface area contributed by atoms with Gasteiger partial charge in [-0.1, -0.05) is 175 Å². The number of benzene rings is 12. The molecule has 0 fully saturated rings. The summed E-state index contributed by atoms with van der Waals surface area (Å²) in [6.07, 6.45) is 0. The Morgan fingerprint density at radius 2 is 0.674 bits per heavy atom. The second-order valence-corrected chi connectivity index (χ2v) is 26.3. The topological polar surface area (TPSA) is 31.6 Å². The predicted molar refractivity (Wildman–Crippen MR) is 366 cm³/mol. The largest absolute Gasteiger partial charge is 0.309 e. The summed E-state index contributed by atoms with van der Waals surface area (Å²) >= 11 is 0. The van der Waals surface area contributed by atoms with E-state index in [1.54, 1.807) is 0 Å². The van der Waals surface area contributed by atoms with Gasteiger partial charge in [-0.05, 0) is 158 Å². The van der Waals surface area contributed by atoms with Crippen LogP contribution in [0, 0.1) is 0 Å². The average molecular weight is 1100 g/mol. The summed E-state index contributed by atoms with van der Waals surface area (Å²) in [5.41, 5.74) is 22.2. The van der Waals surface area contributed by atoms with Crippen LogP contribution in [0.3, 0.4) is 0 Å². The molecule has 0 radical (unpaired) electrons. The van der Waals surface area contributed by atoms with Gasteiger partial charge in [0.1, 0.15) is 5.65 Å². The minimum atomic E-state index is -0.136. The van der Waals surface area contributed by atoms with E-state index in [-0.39, 0.29) is 10.8 Å². The summed E-state index contributed by atoms with van der Waals surface area (Å²) in [4.78, 5) is 6.18. The van der Waals surface area contributed by atoms with Crippen LogP contribution in [0.5, 0.6) is 0 Å². The number of pyridine rings is 1. The lowest BCUT2D eigenvalue weighted by Crippen LogP contribution is -2.10. The molecule has 7 heterocycles. The van der Waals surface area contributed by atoms with Crippen LogP contribution in [0.2, 0.25) is 0 Å². The van der Waals surface area contributed by atoms with Gasteiger partial charge in [0.2, 0.25) is 0 Å². The first-order valence-corrected chi connectivity index (χ1v) is 30.3. The van der Waals surface area contributed by atoms with Crippen LogP contribution in [0.1, 0.15) is 52.7 Å². The maximum Gasteiger partial charge on any atom is 0.146 e. The van der Waals surface area contributed by atoms with Crippen molar-refractivity contribution in [1.82, 2.24) is 22.9 Å². The molecule has 7 aromatic heterocycles. The number of nitrogens with zero attached hydrogens (tertiary/aromatic N) is 5. The summed E-state index contributed by atoms with van der Waals surface area (Å²) in [6.45, 7) is 14.1. The number of hydrogen-bond donors (Lipinski definition) is 0. The van der Waals surface area contributed by atoms with E-state index in [4.69, 9.17) is 4.98 Å². The molecule has 0 saturated carbocycles. The molecular weight excluding hydrogens is 1040 g/mol. The summed E-state index contributed by atoms with van der Waals surface area (Å²) in [5, 5.41) is 18.5. The fourth-order valence-electron chi connectivity index (χ4n) is 15.4. The van der Waals surface area contributed by atoms with Crippen molar-refractivity contribution >= 4 is 142 Å². The number of para-hydroxylation sites is 4. The molecule has 0 bridgehead atoms. The summed E-state index contributed by atoms with van der Waals surface area (Å²) < 4.78 is 10.0. The first-order chi connectivity index (χ1) is 41.9. The van der Waals surface area contributed by atoms with E-state index in [1.165, 1.54) is 153 Å². The van der Waals surface area contributed by atoms with Crippen LogP contribution < -0.4 is 0 Å². The van der Waals surface area contributed by atoms with Crippen molar-refractivity contribution in [3.63, 3.8) is 0 Å². The SMILES string of the molecule is CC(C)(C)c1cc2c3cc4ccccc4c(-c4ccc5c(c4)c4ccccc4n5-c4ccccc4)c3n3c4cc5c6cc(C(C)(C)C)cc7c8cc9ccccc9c(-c9ccc%10c(c9)c9ccccc9n%10-c9ccccc9)c8n(c5nc4c(c1)c23)c67. The highest BCUT2D eigenvalue weighted by molar-refractivity contribution is 6.32. The molecule has 5 heteroatoms. The zero-order valence-corrected chi connectivity index (χ0v) is 48.8. The van der Waals surface area contributed by atoms with Gasteiger partial charge < -0.3 is 13.5 Å². The van der Waals surface area contributed by atoms with E-state index in [0.29, 0.717) is 0 Å². The van der Waals surface area contributed by atoms with Crippen molar-refractivity contribution in [3.8, 4) is 33.6 Å². The highest BCUT2D eigenvalue weighted by atomic mass is 15.0. The molecule has 0 N–H and O–H groups in total. The molecule has 406 valence electrons. The molecule has 5 nitrogen and oxygen atoms in total. The second kappa shape index (κ2) is 16.6. The Hall–Kier alpha value is -10.5. The van der Waals surface area contributed by atoms with E-state index in [1.807, 2.05) is 0 Å². The minimum absolute atomic E-state index is 0.128. The monoisotopic (exact) mass is 1100 g/mol. The third kappa shape index (κ3) is 6.31. The molecule has 19 aromatic rings. The fourth-order valence-corrected chi connectivity index (χ4v) is 15.4. The molecule has 86 heavy (non-hydrogen) atoms. The molecule has 19 rings (SSSR count). The molecule has 0 saturated heterocycles. The molecule has 0 aliphatic rings. The molecule has 0 amide bonds. The molecule has 0 spiro atoms. The standard InChI is InChI=1S/C81H57N5/c1-80(2,3)50-41-62-61-38-47-22-14-16-28-55(47)73(49-34-36-70-59(40-49)57-30-18-20-32-68(57)84(70)53-25-11-8-12-26-53)78(61)86-75(62)64(43-50)65-45-71-74(82-79(65)86)66-44-51(81(4,5)6)42-63-60-37-46-21-13-15-27-54(46)72(77(60)85(71)76(63)66)48-33-35-69-58(39-48)56-29-17-19-31-67(56)83(69)52-23-9-7-10-24-52/h7-45H,1-6H3. The van der Waals surface area contributed by atoms with Crippen LogP contribution in [-0.2, 0) is 10.8 Å². The van der Waals surface area contributed by atoms with E-state index in [0.717, 1.165) is 33.4 Å². The van der Waals surface area contributed by atoms with E-state index >= 15 is 0 Å². The van der Waals surface area contributed by atoms with Crippen LogP contribution in [-0.4, -0.2) is 22.9 Å². The average Bonchev–Trinajstić information content (AvgIpc) is 1.52. The number of hydrogen-bond acceptors (Lipinski definition) is 1. The zero-order valence-electron chi connectivity index (χ0n) is 48.8. The lowest BCUT2D eigenvalue weighted by atomic mass is 9.85. The van der Waals surface area contributed by atoms with Gasteiger partial charge >= 0.3 is 0 Å². The molecule has 0 atom stereocenters. The van der Waals surface area contributed by atoms with Crippen molar-refractivity contribution < 1.29 is 0 Å². The zero-order chi connectivity index (χ0) is 57.2. The normalized spacial score (nSPS) is 13.0. The third-order valence-corrected chi connectivity index (χ3v) is 19.4. The van der Waals surface area contributed by atoms with Crippen LogP contribution >= 0.6 is 0 Å². The smallest absolute Gasteiger partial charge is 0.146 e. The second-order valence-electron chi connectivity index (χ2n) is 26.3. The lowest BCUT2D eigenvalue weighted by molar-refractivity contribution is 0.591. The van der Waals surface area contributed by atoms with Gasteiger partial charge in [0.25, 0.3) is 0 Å². The van der Waals surface area contributed by atoms with Crippen molar-refractivity contribution in [2.45, 2.75) is 52.4 Å². The van der Waals surface area contributed by atoms with Gasteiger partial charge in [-0.25, -0.2) is 4.98 Å². The van der Waals surface area contributed by atoms with Gasteiger partial charge in [0.05, 0.1) is 55.2 Å². The summed E-state index contributed by atoms with van der Waals surface area (Å²) in [6, 6.07) is 89.2. The van der Waals surface area contributed by atoms with E-state index in [2.05, 4.69) is 296 Å². The Balaban J connectivity index is 0.966. The summed E-state index contributed by atoms with van der Waals surface area (Å²) in [7, 11) is 0. The minimum Gasteiger partial charge on any atom is -0.309 e. The number of aromatic nitrogens is 5. The number of fused-ring (bicyclic) bond motifs is 20. The first-order valence-electron chi connectivity index (χ1n) is 30.3. The lowest BCUT2D eigenvalue weighted by Gasteiger charge is -2.19. The van der Waals surface area contributed by atoms with E-state index in [9.17, 15) is 0 Å². The third-order valence-electron chi connectivity index (χ3n) is 19.4. The van der Waals surface area contributed by atoms with Gasteiger partial charge in [-0.3, -0.25) is 4.40 Å². The quantitative estimate of drug-likeness (QED) is 0.173. The number of rotatable bonds is 4. The fraction of sp³-hybridized carbons (Fsp3) is 0.0988. The molecule has 0 aliphatic carbocycles. The maximum absolute atomic E-state index is 6.18. The Morgan fingerprint density at radius 3 is 1.17 bits per heavy atom. The highest BCUT2D eigenvalue weighted by Crippen LogP contribution is 2.52. The van der Waals surface area contributed by atoms with Gasteiger partial charge in [-0.2, -0.15) is 0 Å². The van der Waals surface area contributed by atoms with Crippen molar-refractivity contribution in [1.29, 1.82) is 0 Å². The van der Waals surface area contributed by atoms with E-state index < -0.39 is 0 Å². The first kappa shape index (κ1) is 47.9. The van der Waals surface area contributed by atoms with Crippen molar-refractivity contribution in [3.05, 3.63) is 248 Å². The van der Waals surface area contributed by atoms with Crippen molar-refractivity contribution in [2.75, 3.05) is 0 Å². The Morgan fingerprint density at radius 1 is 0.279 bits per heavy atom. The van der Waals surface area contributed by atoms with Crippen LogP contribution in [0.25, 0.3) is 175 Å². The molecule has 12 aromatic carbocycles.